The van der Waals surface area contributed by atoms with Crippen molar-refractivity contribution in [3.63, 3.8) is 0 Å². The molecule has 0 spiro atoms. The number of nitrogens with zero attached hydrogens (tertiary/aromatic N) is 1. The summed E-state index contributed by atoms with van der Waals surface area (Å²) >= 11 is 0. The van der Waals surface area contributed by atoms with Crippen LogP contribution in [0.3, 0.4) is 0 Å². The number of hydrogen-bond acceptors (Lipinski definition) is 4. The van der Waals surface area contributed by atoms with Crippen molar-refractivity contribution in [3.05, 3.63) is 60.2 Å². The maximum Gasteiger partial charge on any atom is 0.387 e. The first-order valence-electron chi connectivity index (χ1n) is 8.97. The molecule has 1 aliphatic heterocycles. The van der Waals surface area contributed by atoms with Crippen molar-refractivity contribution in [3.8, 4) is 5.75 Å². The quantitative estimate of drug-likeness (QED) is 0.754. The molecule has 26 heavy (non-hydrogen) atoms. The first kappa shape index (κ1) is 18.6. The summed E-state index contributed by atoms with van der Waals surface area (Å²) in [6.07, 6.45) is 0.964. The first-order chi connectivity index (χ1) is 12.7. The van der Waals surface area contributed by atoms with E-state index in [9.17, 15) is 8.78 Å². The third-order valence-corrected chi connectivity index (χ3v) is 4.47. The van der Waals surface area contributed by atoms with Gasteiger partial charge in [0.2, 0.25) is 0 Å². The highest BCUT2D eigenvalue weighted by Crippen LogP contribution is 2.19. The Balaban J connectivity index is 1.43. The van der Waals surface area contributed by atoms with Crippen molar-refractivity contribution < 1.29 is 13.5 Å². The average Bonchev–Trinajstić information content (AvgIpc) is 2.63. The molecule has 0 radical (unpaired) electrons. The van der Waals surface area contributed by atoms with Crippen LogP contribution in [0.5, 0.6) is 5.75 Å². The molecule has 1 heterocycles. The maximum absolute atomic E-state index is 12.3. The number of anilines is 1. The minimum absolute atomic E-state index is 0.176. The van der Waals surface area contributed by atoms with Crippen LogP contribution in [0.15, 0.2) is 54.6 Å². The topological polar surface area (TPSA) is 36.5 Å². The van der Waals surface area contributed by atoms with Crippen molar-refractivity contribution in [1.29, 1.82) is 0 Å². The molecule has 0 aliphatic carbocycles. The summed E-state index contributed by atoms with van der Waals surface area (Å²) in [6.45, 7) is 1.98. The van der Waals surface area contributed by atoms with Gasteiger partial charge in [0, 0.05) is 50.5 Å². The number of halogens is 2. The Morgan fingerprint density at radius 2 is 2.00 bits per heavy atom. The lowest BCUT2D eigenvalue weighted by Crippen LogP contribution is -2.50. The maximum atomic E-state index is 12.3. The molecule has 6 heteroatoms. The van der Waals surface area contributed by atoms with Gasteiger partial charge in [0.25, 0.3) is 0 Å². The van der Waals surface area contributed by atoms with E-state index >= 15 is 0 Å². The number of alkyl halides is 2. The number of benzene rings is 2. The van der Waals surface area contributed by atoms with Gasteiger partial charge < -0.3 is 15.4 Å². The number of hydrogen-bond donors (Lipinski definition) is 2. The van der Waals surface area contributed by atoms with Crippen LogP contribution >= 0.6 is 0 Å². The molecule has 1 fully saturated rings. The zero-order valence-electron chi connectivity index (χ0n) is 14.7. The third kappa shape index (κ3) is 5.97. The molecule has 1 saturated heterocycles. The van der Waals surface area contributed by atoms with E-state index in [1.807, 2.05) is 12.1 Å². The molecular weight excluding hydrogens is 336 g/mol. The summed E-state index contributed by atoms with van der Waals surface area (Å²) in [5, 5.41) is 6.84. The summed E-state index contributed by atoms with van der Waals surface area (Å²) in [6, 6.07) is 17.6. The van der Waals surface area contributed by atoms with Crippen molar-refractivity contribution in [2.75, 3.05) is 31.5 Å². The number of piperazine rings is 1. The number of ether oxygens (including phenoxy) is 1. The molecule has 0 saturated carbocycles. The lowest BCUT2D eigenvalue weighted by Gasteiger charge is -2.34. The summed E-state index contributed by atoms with van der Waals surface area (Å²) in [4.78, 5) is 2.47. The summed E-state index contributed by atoms with van der Waals surface area (Å²) < 4.78 is 29.0. The smallest absolute Gasteiger partial charge is 0.387 e. The standard InChI is InChI=1S/C20H25F2N3O/c21-20(22)26-19-8-4-7-17(13-19)23-10-9-18-15-25(12-11-24-18)14-16-5-2-1-3-6-16/h1-8,13,18,20,23-24H,9-12,14-15H2. The van der Waals surface area contributed by atoms with E-state index in [-0.39, 0.29) is 5.75 Å². The molecule has 4 nitrogen and oxygen atoms in total. The second kappa shape index (κ2) is 9.50. The van der Waals surface area contributed by atoms with Gasteiger partial charge in [-0.2, -0.15) is 8.78 Å². The molecule has 3 rings (SSSR count). The van der Waals surface area contributed by atoms with Crippen LogP contribution in [0.4, 0.5) is 14.5 Å². The van der Waals surface area contributed by atoms with Crippen molar-refractivity contribution >= 4 is 5.69 Å². The molecule has 1 aliphatic rings. The molecule has 1 unspecified atom stereocenters. The Morgan fingerprint density at radius 1 is 1.15 bits per heavy atom. The van der Waals surface area contributed by atoms with E-state index in [1.54, 1.807) is 12.1 Å². The molecule has 2 N–H and O–H groups in total. The molecule has 0 aromatic heterocycles. The van der Waals surface area contributed by atoms with E-state index in [4.69, 9.17) is 0 Å². The average molecular weight is 361 g/mol. The Labute approximate surface area is 153 Å². The SMILES string of the molecule is FC(F)Oc1cccc(NCCC2CN(Cc3ccccc3)CCN2)c1. The fraction of sp³-hybridized carbons (Fsp3) is 0.400. The fourth-order valence-electron chi connectivity index (χ4n) is 3.25. The van der Waals surface area contributed by atoms with Crippen LogP contribution in [0.1, 0.15) is 12.0 Å². The normalized spacial score (nSPS) is 18.0. The Kier molecular flexibility index (Phi) is 6.80. The van der Waals surface area contributed by atoms with Crippen LogP contribution in [0.25, 0.3) is 0 Å². The van der Waals surface area contributed by atoms with E-state index in [1.165, 1.54) is 11.6 Å². The number of nitrogens with one attached hydrogen (secondary N) is 2. The largest absolute Gasteiger partial charge is 0.435 e. The lowest BCUT2D eigenvalue weighted by atomic mass is 10.1. The van der Waals surface area contributed by atoms with Gasteiger partial charge in [0.15, 0.2) is 0 Å². The van der Waals surface area contributed by atoms with Gasteiger partial charge in [0.05, 0.1) is 0 Å². The Hall–Kier alpha value is -2.18. The van der Waals surface area contributed by atoms with E-state index in [2.05, 4.69) is 44.5 Å². The van der Waals surface area contributed by atoms with Gasteiger partial charge in [-0.15, -0.1) is 0 Å². The van der Waals surface area contributed by atoms with Gasteiger partial charge in [-0.1, -0.05) is 36.4 Å². The molecule has 2 aromatic carbocycles. The van der Waals surface area contributed by atoms with Gasteiger partial charge in [-0.25, -0.2) is 0 Å². The molecule has 1 atom stereocenters. The van der Waals surface area contributed by atoms with Crippen LogP contribution in [-0.2, 0) is 6.54 Å². The van der Waals surface area contributed by atoms with E-state index in [0.717, 1.165) is 44.8 Å². The predicted octanol–water partition coefficient (Wildman–Crippen LogP) is 3.56. The van der Waals surface area contributed by atoms with Crippen molar-refractivity contribution in [2.45, 2.75) is 25.6 Å². The first-order valence-corrected chi connectivity index (χ1v) is 8.97. The van der Waals surface area contributed by atoms with Gasteiger partial charge >= 0.3 is 6.61 Å². The highest BCUT2D eigenvalue weighted by Gasteiger charge is 2.18. The lowest BCUT2D eigenvalue weighted by molar-refractivity contribution is -0.0498. The van der Waals surface area contributed by atoms with E-state index in [0.29, 0.717) is 6.04 Å². The van der Waals surface area contributed by atoms with Crippen molar-refractivity contribution in [2.24, 2.45) is 0 Å². The van der Waals surface area contributed by atoms with Gasteiger partial charge in [-0.3, -0.25) is 4.90 Å². The predicted molar refractivity (Wildman–Crippen MR) is 99.7 cm³/mol. The molecule has 140 valence electrons. The van der Waals surface area contributed by atoms with Crippen molar-refractivity contribution in [1.82, 2.24) is 10.2 Å². The third-order valence-electron chi connectivity index (χ3n) is 4.47. The number of rotatable bonds is 8. The molecule has 0 bridgehead atoms. The molecule has 0 amide bonds. The highest BCUT2D eigenvalue weighted by molar-refractivity contribution is 5.48. The zero-order valence-corrected chi connectivity index (χ0v) is 14.7. The molecule has 2 aromatic rings. The fourth-order valence-corrected chi connectivity index (χ4v) is 3.25. The van der Waals surface area contributed by atoms with E-state index < -0.39 is 6.61 Å². The minimum atomic E-state index is -2.80. The van der Waals surface area contributed by atoms with Crippen LogP contribution in [-0.4, -0.2) is 43.7 Å². The monoisotopic (exact) mass is 361 g/mol. The highest BCUT2D eigenvalue weighted by atomic mass is 19.3. The Bertz CT molecular complexity index is 669. The van der Waals surface area contributed by atoms with Crippen LogP contribution in [0.2, 0.25) is 0 Å². The zero-order chi connectivity index (χ0) is 18.2. The molecular formula is C20H25F2N3O. The summed E-state index contributed by atoms with van der Waals surface area (Å²) in [7, 11) is 0. The van der Waals surface area contributed by atoms with Crippen LogP contribution in [0, 0.1) is 0 Å². The van der Waals surface area contributed by atoms with Gasteiger partial charge in [-0.05, 0) is 24.1 Å². The summed E-state index contributed by atoms with van der Waals surface area (Å²) in [5.41, 5.74) is 2.13. The summed E-state index contributed by atoms with van der Waals surface area (Å²) in [5.74, 6) is 0.176. The Morgan fingerprint density at radius 3 is 2.81 bits per heavy atom. The second-order valence-electron chi connectivity index (χ2n) is 6.49. The van der Waals surface area contributed by atoms with Gasteiger partial charge in [0.1, 0.15) is 5.75 Å². The van der Waals surface area contributed by atoms with Crippen LogP contribution < -0.4 is 15.4 Å². The second-order valence-corrected chi connectivity index (χ2v) is 6.49. The minimum Gasteiger partial charge on any atom is -0.435 e.